The predicted molar refractivity (Wildman–Crippen MR) is 62.0 cm³/mol. The van der Waals surface area contributed by atoms with Crippen LogP contribution in [0.2, 0.25) is 0 Å². The van der Waals surface area contributed by atoms with Crippen LogP contribution < -0.4 is 5.32 Å². The molecular formula is C12H13F2N3O. The van der Waals surface area contributed by atoms with E-state index in [9.17, 15) is 8.78 Å². The normalized spacial score (nSPS) is 10.6. The summed E-state index contributed by atoms with van der Waals surface area (Å²) in [6, 6.07) is 3.58. The maximum atomic E-state index is 12.9. The van der Waals surface area contributed by atoms with Gasteiger partial charge in [-0.25, -0.2) is 8.78 Å². The molecule has 0 saturated carbocycles. The van der Waals surface area contributed by atoms with E-state index < -0.39 is 11.6 Å². The van der Waals surface area contributed by atoms with Gasteiger partial charge in [0.25, 0.3) is 0 Å². The number of aryl methyl sites for hydroxylation is 1. The molecule has 0 aliphatic carbocycles. The average Bonchev–Trinajstić information content (AvgIpc) is 2.74. The molecule has 1 aromatic heterocycles. The number of hydrogen-bond donors (Lipinski definition) is 1. The zero-order valence-corrected chi connectivity index (χ0v) is 9.91. The van der Waals surface area contributed by atoms with Crippen LogP contribution in [-0.4, -0.2) is 10.2 Å². The van der Waals surface area contributed by atoms with Gasteiger partial charge >= 0.3 is 6.01 Å². The van der Waals surface area contributed by atoms with E-state index in [1.807, 2.05) is 6.92 Å². The number of nitrogens with one attached hydrogen (secondary N) is 1. The van der Waals surface area contributed by atoms with Crippen molar-refractivity contribution >= 4 is 6.01 Å². The lowest BCUT2D eigenvalue weighted by Crippen LogP contribution is -2.00. The minimum absolute atomic E-state index is 0.225. The van der Waals surface area contributed by atoms with E-state index in [-0.39, 0.29) is 12.6 Å². The van der Waals surface area contributed by atoms with Gasteiger partial charge in [0.05, 0.1) is 0 Å². The van der Waals surface area contributed by atoms with E-state index in [0.29, 0.717) is 17.9 Å². The monoisotopic (exact) mass is 253 g/mol. The van der Waals surface area contributed by atoms with Gasteiger partial charge in [-0.2, -0.15) is 0 Å². The molecule has 6 heteroatoms. The number of hydrogen-bond acceptors (Lipinski definition) is 4. The van der Waals surface area contributed by atoms with Gasteiger partial charge < -0.3 is 9.73 Å². The van der Waals surface area contributed by atoms with Crippen LogP contribution >= 0.6 is 0 Å². The molecule has 0 bridgehead atoms. The second-order valence-corrected chi connectivity index (χ2v) is 3.88. The van der Waals surface area contributed by atoms with Crippen LogP contribution in [0.3, 0.4) is 0 Å². The molecule has 0 fully saturated rings. The summed E-state index contributed by atoms with van der Waals surface area (Å²) >= 11 is 0. The van der Waals surface area contributed by atoms with Crippen molar-refractivity contribution in [3.8, 4) is 0 Å². The fraction of sp³-hybridized carbons (Fsp3) is 0.333. The van der Waals surface area contributed by atoms with E-state index >= 15 is 0 Å². The highest BCUT2D eigenvalue weighted by Crippen LogP contribution is 2.11. The summed E-state index contributed by atoms with van der Waals surface area (Å²) in [5.74, 6) is -0.668. The Labute approximate surface area is 103 Å². The van der Waals surface area contributed by atoms with Crippen molar-refractivity contribution in [2.75, 3.05) is 5.32 Å². The summed E-state index contributed by atoms with van der Waals surface area (Å²) in [4.78, 5) is 0. The Balaban J connectivity index is 1.97. The molecule has 1 heterocycles. The maximum absolute atomic E-state index is 12.9. The van der Waals surface area contributed by atoms with Gasteiger partial charge in [0.15, 0.2) is 0 Å². The second-order valence-electron chi connectivity index (χ2n) is 3.88. The van der Waals surface area contributed by atoms with E-state index in [0.717, 1.165) is 12.5 Å². The van der Waals surface area contributed by atoms with Crippen molar-refractivity contribution < 1.29 is 13.2 Å². The van der Waals surface area contributed by atoms with Crippen LogP contribution in [0, 0.1) is 11.6 Å². The highest BCUT2D eigenvalue weighted by atomic mass is 19.1. The van der Waals surface area contributed by atoms with Crippen LogP contribution in [0.25, 0.3) is 0 Å². The fourth-order valence-corrected chi connectivity index (χ4v) is 1.53. The Bertz CT molecular complexity index is 508. The van der Waals surface area contributed by atoms with Crippen molar-refractivity contribution in [2.45, 2.75) is 26.3 Å². The molecule has 0 aliphatic heterocycles. The summed E-state index contributed by atoms with van der Waals surface area (Å²) < 4.78 is 31.2. The molecule has 0 radical (unpaired) electrons. The molecule has 0 spiro atoms. The van der Waals surface area contributed by atoms with E-state index in [4.69, 9.17) is 4.42 Å². The lowest BCUT2D eigenvalue weighted by molar-refractivity contribution is 0.500. The molecule has 0 saturated heterocycles. The number of halogens is 2. The van der Waals surface area contributed by atoms with Gasteiger partial charge in [-0.15, -0.1) is 5.10 Å². The van der Waals surface area contributed by atoms with Crippen LogP contribution in [-0.2, 0) is 13.0 Å². The van der Waals surface area contributed by atoms with Crippen LogP contribution in [0.5, 0.6) is 0 Å². The van der Waals surface area contributed by atoms with E-state index in [2.05, 4.69) is 15.5 Å². The molecule has 4 nitrogen and oxygen atoms in total. The topological polar surface area (TPSA) is 51.0 Å². The Morgan fingerprint density at radius 3 is 2.56 bits per heavy atom. The number of anilines is 1. The van der Waals surface area contributed by atoms with Crippen molar-refractivity contribution in [2.24, 2.45) is 0 Å². The summed E-state index contributed by atoms with van der Waals surface area (Å²) in [7, 11) is 0. The lowest BCUT2D eigenvalue weighted by atomic mass is 10.2. The van der Waals surface area contributed by atoms with Crippen molar-refractivity contribution in [1.29, 1.82) is 0 Å². The van der Waals surface area contributed by atoms with Gasteiger partial charge in [-0.05, 0) is 24.1 Å². The SMILES string of the molecule is CCCc1nnc(NCc2cc(F)cc(F)c2)o1. The molecule has 2 rings (SSSR count). The number of benzene rings is 1. The maximum Gasteiger partial charge on any atom is 0.315 e. The van der Waals surface area contributed by atoms with Crippen molar-refractivity contribution in [1.82, 2.24) is 10.2 Å². The van der Waals surface area contributed by atoms with Crippen molar-refractivity contribution in [3.63, 3.8) is 0 Å². The number of rotatable bonds is 5. The molecule has 0 unspecified atom stereocenters. The zero-order valence-electron chi connectivity index (χ0n) is 9.91. The van der Waals surface area contributed by atoms with Gasteiger partial charge in [-0.1, -0.05) is 12.0 Å². The Morgan fingerprint density at radius 1 is 1.17 bits per heavy atom. The standard InChI is InChI=1S/C12H13F2N3O/c1-2-3-11-16-17-12(18-11)15-7-8-4-9(13)6-10(14)5-8/h4-6H,2-3,7H2,1H3,(H,15,17). The Kier molecular flexibility index (Phi) is 3.86. The third-order valence-corrected chi connectivity index (χ3v) is 2.30. The molecule has 1 N–H and O–H groups in total. The van der Waals surface area contributed by atoms with Crippen LogP contribution in [0.15, 0.2) is 22.6 Å². The zero-order chi connectivity index (χ0) is 13.0. The molecule has 18 heavy (non-hydrogen) atoms. The average molecular weight is 253 g/mol. The molecule has 2 aromatic rings. The highest BCUT2D eigenvalue weighted by Gasteiger charge is 2.05. The highest BCUT2D eigenvalue weighted by molar-refractivity contribution is 5.24. The van der Waals surface area contributed by atoms with Crippen LogP contribution in [0.4, 0.5) is 14.8 Å². The molecular weight excluding hydrogens is 240 g/mol. The first-order valence-corrected chi connectivity index (χ1v) is 5.68. The van der Waals surface area contributed by atoms with E-state index in [1.54, 1.807) is 0 Å². The molecule has 0 amide bonds. The van der Waals surface area contributed by atoms with Gasteiger partial charge in [0, 0.05) is 19.0 Å². The summed E-state index contributed by atoms with van der Waals surface area (Å²) in [5, 5.41) is 10.4. The third-order valence-electron chi connectivity index (χ3n) is 2.30. The largest absolute Gasteiger partial charge is 0.408 e. The molecule has 0 aliphatic rings. The first kappa shape index (κ1) is 12.5. The summed E-state index contributed by atoms with van der Waals surface area (Å²) in [6.45, 7) is 2.23. The van der Waals surface area contributed by atoms with Gasteiger partial charge in [0.2, 0.25) is 5.89 Å². The fourth-order valence-electron chi connectivity index (χ4n) is 1.53. The predicted octanol–water partition coefficient (Wildman–Crippen LogP) is 2.91. The summed E-state index contributed by atoms with van der Waals surface area (Å²) in [6.07, 6.45) is 1.63. The summed E-state index contributed by atoms with van der Waals surface area (Å²) in [5.41, 5.74) is 0.475. The second kappa shape index (κ2) is 5.57. The molecule has 0 atom stereocenters. The van der Waals surface area contributed by atoms with Gasteiger partial charge in [-0.3, -0.25) is 0 Å². The smallest absolute Gasteiger partial charge is 0.315 e. The van der Waals surface area contributed by atoms with Crippen molar-refractivity contribution in [3.05, 3.63) is 41.3 Å². The molecule has 96 valence electrons. The first-order chi connectivity index (χ1) is 8.67. The first-order valence-electron chi connectivity index (χ1n) is 5.68. The number of aromatic nitrogens is 2. The van der Waals surface area contributed by atoms with Gasteiger partial charge in [0.1, 0.15) is 11.6 Å². The quantitative estimate of drug-likeness (QED) is 0.890. The number of nitrogens with zero attached hydrogens (tertiary/aromatic N) is 2. The third kappa shape index (κ3) is 3.26. The lowest BCUT2D eigenvalue weighted by Gasteiger charge is -2.02. The van der Waals surface area contributed by atoms with E-state index in [1.165, 1.54) is 12.1 Å². The Hall–Kier alpha value is -1.98. The Morgan fingerprint density at radius 2 is 1.89 bits per heavy atom. The minimum Gasteiger partial charge on any atom is -0.408 e. The van der Waals surface area contributed by atoms with Crippen LogP contribution in [0.1, 0.15) is 24.8 Å². The minimum atomic E-state index is -0.607. The molecule has 1 aromatic carbocycles.